The Balaban J connectivity index is 2.56. The molecular weight excluding hydrogens is 256 g/mol. The Hall–Kier alpha value is -0.830. The van der Waals surface area contributed by atoms with Gasteiger partial charge in [-0.25, -0.2) is 0 Å². The van der Waals surface area contributed by atoms with Gasteiger partial charge in [0.1, 0.15) is 5.75 Å². The lowest BCUT2D eigenvalue weighted by Gasteiger charge is -2.08. The van der Waals surface area contributed by atoms with Crippen molar-refractivity contribution in [3.8, 4) is 5.75 Å². The van der Waals surface area contributed by atoms with Gasteiger partial charge in [0.25, 0.3) is 0 Å². The highest BCUT2D eigenvalue weighted by molar-refractivity contribution is 9.10. The van der Waals surface area contributed by atoms with Crippen molar-refractivity contribution < 1.29 is 9.53 Å². The average Bonchev–Trinajstić information content (AvgIpc) is 2.26. The zero-order chi connectivity index (χ0) is 11.1. The van der Waals surface area contributed by atoms with Crippen LogP contribution in [0.5, 0.6) is 5.75 Å². The molecule has 0 unspecified atom stereocenters. The summed E-state index contributed by atoms with van der Waals surface area (Å²) >= 11 is 3.32. The summed E-state index contributed by atoms with van der Waals surface area (Å²) in [5.74, 6) is 0.671. The molecule has 0 aliphatic heterocycles. The fourth-order valence-electron chi connectivity index (χ4n) is 1.28. The van der Waals surface area contributed by atoms with Crippen molar-refractivity contribution in [2.75, 3.05) is 6.61 Å². The summed E-state index contributed by atoms with van der Waals surface area (Å²) in [6.07, 6.45) is 4.18. The molecule has 15 heavy (non-hydrogen) atoms. The summed E-state index contributed by atoms with van der Waals surface area (Å²) in [7, 11) is 0. The van der Waals surface area contributed by atoms with Gasteiger partial charge in [0.15, 0.2) is 6.29 Å². The van der Waals surface area contributed by atoms with Crippen molar-refractivity contribution >= 4 is 22.2 Å². The topological polar surface area (TPSA) is 26.3 Å². The predicted octanol–water partition coefficient (Wildman–Crippen LogP) is 3.83. The molecule has 0 aliphatic carbocycles. The minimum absolute atomic E-state index is 0.598. The number of benzene rings is 1. The van der Waals surface area contributed by atoms with Crippen LogP contribution in [0.4, 0.5) is 0 Å². The molecule has 3 heteroatoms. The first kappa shape index (κ1) is 12.2. The zero-order valence-electron chi connectivity index (χ0n) is 8.83. The Morgan fingerprint density at radius 3 is 2.87 bits per heavy atom. The van der Waals surface area contributed by atoms with E-state index < -0.39 is 0 Å². The third-order valence-corrected chi connectivity index (χ3v) is 2.60. The van der Waals surface area contributed by atoms with Gasteiger partial charge < -0.3 is 4.74 Å². The first-order valence-corrected chi connectivity index (χ1v) is 5.94. The Kier molecular flexibility index (Phi) is 5.40. The van der Waals surface area contributed by atoms with Crippen LogP contribution in [0.1, 0.15) is 36.5 Å². The van der Waals surface area contributed by atoms with Crippen molar-refractivity contribution in [3.63, 3.8) is 0 Å². The van der Waals surface area contributed by atoms with Gasteiger partial charge >= 0.3 is 0 Å². The number of halogens is 1. The molecule has 0 amide bonds. The molecule has 1 aromatic carbocycles. The average molecular weight is 271 g/mol. The highest BCUT2D eigenvalue weighted by Crippen LogP contribution is 2.21. The molecule has 0 atom stereocenters. The molecule has 0 N–H and O–H groups in total. The Morgan fingerprint density at radius 1 is 1.40 bits per heavy atom. The summed E-state index contributed by atoms with van der Waals surface area (Å²) in [5, 5.41) is 0. The van der Waals surface area contributed by atoms with E-state index in [9.17, 15) is 4.79 Å². The highest BCUT2D eigenvalue weighted by Gasteiger charge is 2.02. The normalized spacial score (nSPS) is 10.0. The molecule has 0 aromatic heterocycles. The number of ether oxygens (including phenoxy) is 1. The monoisotopic (exact) mass is 270 g/mol. The second kappa shape index (κ2) is 6.62. The molecule has 0 spiro atoms. The van der Waals surface area contributed by atoms with Crippen LogP contribution in [0.15, 0.2) is 22.7 Å². The van der Waals surface area contributed by atoms with Gasteiger partial charge in [-0.2, -0.15) is 0 Å². The van der Waals surface area contributed by atoms with Crippen molar-refractivity contribution in [2.24, 2.45) is 0 Å². The molecule has 0 saturated carbocycles. The SMILES string of the molecule is CCCCCOc1ccc(Br)cc1C=O. The first-order chi connectivity index (χ1) is 7.27. The van der Waals surface area contributed by atoms with Gasteiger partial charge in [-0.3, -0.25) is 4.79 Å². The molecule has 1 rings (SSSR count). The molecule has 82 valence electrons. The number of rotatable bonds is 6. The Morgan fingerprint density at radius 2 is 2.20 bits per heavy atom. The van der Waals surface area contributed by atoms with Crippen LogP contribution in [-0.4, -0.2) is 12.9 Å². The summed E-state index contributed by atoms with van der Waals surface area (Å²) in [4.78, 5) is 10.8. The molecule has 1 aromatic rings. The van der Waals surface area contributed by atoms with E-state index in [0.717, 1.165) is 23.6 Å². The highest BCUT2D eigenvalue weighted by atomic mass is 79.9. The molecule has 0 radical (unpaired) electrons. The quantitative estimate of drug-likeness (QED) is 0.580. The van der Waals surface area contributed by atoms with Crippen LogP contribution in [-0.2, 0) is 0 Å². The predicted molar refractivity (Wildman–Crippen MR) is 64.5 cm³/mol. The van der Waals surface area contributed by atoms with Gasteiger partial charge in [0.2, 0.25) is 0 Å². The van der Waals surface area contributed by atoms with Gasteiger partial charge in [-0.05, 0) is 24.6 Å². The zero-order valence-corrected chi connectivity index (χ0v) is 10.4. The number of carbonyl (C=O) groups excluding carboxylic acids is 1. The first-order valence-electron chi connectivity index (χ1n) is 5.15. The van der Waals surface area contributed by atoms with Crippen LogP contribution in [0.3, 0.4) is 0 Å². The lowest BCUT2D eigenvalue weighted by atomic mass is 10.2. The van der Waals surface area contributed by atoms with E-state index in [1.807, 2.05) is 12.1 Å². The van der Waals surface area contributed by atoms with Crippen molar-refractivity contribution in [2.45, 2.75) is 26.2 Å². The van der Waals surface area contributed by atoms with E-state index in [4.69, 9.17) is 4.74 Å². The fraction of sp³-hybridized carbons (Fsp3) is 0.417. The second-order valence-electron chi connectivity index (χ2n) is 3.36. The number of aldehydes is 1. The molecule has 0 saturated heterocycles. The maximum atomic E-state index is 10.8. The van der Waals surface area contributed by atoms with Crippen LogP contribution in [0, 0.1) is 0 Å². The third kappa shape index (κ3) is 4.04. The number of hydrogen-bond donors (Lipinski definition) is 0. The molecule has 0 bridgehead atoms. The minimum atomic E-state index is 0.598. The van der Waals surface area contributed by atoms with Crippen LogP contribution in [0.25, 0.3) is 0 Å². The maximum Gasteiger partial charge on any atom is 0.153 e. The van der Waals surface area contributed by atoms with Gasteiger partial charge in [0.05, 0.1) is 12.2 Å². The van der Waals surface area contributed by atoms with E-state index in [1.165, 1.54) is 6.42 Å². The van der Waals surface area contributed by atoms with Gasteiger partial charge in [0, 0.05) is 4.47 Å². The number of carbonyl (C=O) groups is 1. The summed E-state index contributed by atoms with van der Waals surface area (Å²) in [6, 6.07) is 5.46. The molecule has 2 nitrogen and oxygen atoms in total. The van der Waals surface area contributed by atoms with Crippen LogP contribution < -0.4 is 4.74 Å². The lowest BCUT2D eigenvalue weighted by Crippen LogP contribution is -1.99. The summed E-state index contributed by atoms with van der Waals surface area (Å²) in [6.45, 7) is 2.83. The van der Waals surface area contributed by atoms with Crippen molar-refractivity contribution in [1.29, 1.82) is 0 Å². The lowest BCUT2D eigenvalue weighted by molar-refractivity contribution is 0.111. The van der Waals surface area contributed by atoms with Crippen LogP contribution in [0.2, 0.25) is 0 Å². The largest absolute Gasteiger partial charge is 0.493 e. The molecule has 0 fully saturated rings. The third-order valence-electron chi connectivity index (χ3n) is 2.10. The minimum Gasteiger partial charge on any atom is -0.493 e. The molecular formula is C12H15BrO2. The standard InChI is InChI=1S/C12H15BrO2/c1-2-3-4-7-15-12-6-5-11(13)8-10(12)9-14/h5-6,8-9H,2-4,7H2,1H3. The van der Waals surface area contributed by atoms with E-state index in [-0.39, 0.29) is 0 Å². The van der Waals surface area contributed by atoms with Crippen molar-refractivity contribution in [3.05, 3.63) is 28.2 Å². The Labute approximate surface area is 98.8 Å². The van der Waals surface area contributed by atoms with Gasteiger partial charge in [-0.1, -0.05) is 35.7 Å². The molecule has 0 heterocycles. The van der Waals surface area contributed by atoms with E-state index in [1.54, 1.807) is 6.07 Å². The van der Waals surface area contributed by atoms with E-state index in [2.05, 4.69) is 22.9 Å². The maximum absolute atomic E-state index is 10.8. The Bertz CT molecular complexity index is 323. The number of hydrogen-bond acceptors (Lipinski definition) is 2. The molecule has 0 aliphatic rings. The van der Waals surface area contributed by atoms with Gasteiger partial charge in [-0.15, -0.1) is 0 Å². The number of unbranched alkanes of at least 4 members (excludes halogenated alkanes) is 2. The fourth-order valence-corrected chi connectivity index (χ4v) is 1.66. The van der Waals surface area contributed by atoms with E-state index >= 15 is 0 Å². The second-order valence-corrected chi connectivity index (χ2v) is 4.27. The summed E-state index contributed by atoms with van der Waals surface area (Å²) in [5.41, 5.74) is 0.598. The van der Waals surface area contributed by atoms with E-state index in [0.29, 0.717) is 17.9 Å². The van der Waals surface area contributed by atoms with Crippen LogP contribution >= 0.6 is 15.9 Å². The van der Waals surface area contributed by atoms with Crippen molar-refractivity contribution in [1.82, 2.24) is 0 Å². The summed E-state index contributed by atoms with van der Waals surface area (Å²) < 4.78 is 6.43. The smallest absolute Gasteiger partial charge is 0.153 e.